The van der Waals surface area contributed by atoms with Crippen LogP contribution in [-0.4, -0.2) is 25.8 Å². The highest BCUT2D eigenvalue weighted by molar-refractivity contribution is 7.12. The Balaban J connectivity index is 1.71. The van der Waals surface area contributed by atoms with Gasteiger partial charge in [0.1, 0.15) is 6.07 Å². The molecular weight excluding hydrogens is 420 g/mol. The minimum absolute atomic E-state index is 0.193. The molecule has 4 aromatic rings. The lowest BCUT2D eigenvalue weighted by Crippen LogP contribution is -2.30. The normalized spacial score (nSPS) is 12.0. The summed E-state index contributed by atoms with van der Waals surface area (Å²) in [7, 11) is 0. The second-order valence-corrected chi connectivity index (χ2v) is 9.26. The molecule has 162 valence electrons. The second-order valence-electron chi connectivity index (χ2n) is 7.94. The standard InChI is InChI=1S/C25H24N4O2S/c1-16-8-19(5-6-22(16)28-12-17(2)27-15-28)9-21-10-20(11-26)13-29(25(21)31)23(14-30)24-7-4-18(3)32-24/h4-8,10,12-13,15,23,30H,9,14H2,1-3H3/t23-/m0/s1. The number of aryl methyl sites for hydroxylation is 3. The van der Waals surface area contributed by atoms with Crippen LogP contribution >= 0.6 is 11.3 Å². The van der Waals surface area contributed by atoms with Crippen molar-refractivity contribution in [3.8, 4) is 11.8 Å². The first kappa shape index (κ1) is 21.8. The highest BCUT2D eigenvalue weighted by atomic mass is 32.1. The van der Waals surface area contributed by atoms with E-state index in [-0.39, 0.29) is 12.2 Å². The van der Waals surface area contributed by atoms with Gasteiger partial charge in [-0.3, -0.25) is 4.79 Å². The van der Waals surface area contributed by atoms with Gasteiger partial charge in [0.25, 0.3) is 5.56 Å². The van der Waals surface area contributed by atoms with Gasteiger partial charge in [-0.1, -0.05) is 12.1 Å². The summed E-state index contributed by atoms with van der Waals surface area (Å²) >= 11 is 1.54. The van der Waals surface area contributed by atoms with E-state index in [0.717, 1.165) is 32.3 Å². The van der Waals surface area contributed by atoms with Crippen molar-refractivity contribution in [2.75, 3.05) is 6.61 Å². The second kappa shape index (κ2) is 8.95. The Labute approximate surface area is 190 Å². The fraction of sp³-hybridized carbons (Fsp3) is 0.240. The van der Waals surface area contributed by atoms with Crippen LogP contribution in [0.3, 0.4) is 0 Å². The first-order chi connectivity index (χ1) is 15.4. The Kier molecular flexibility index (Phi) is 6.08. The molecule has 32 heavy (non-hydrogen) atoms. The molecule has 4 rings (SSSR count). The average molecular weight is 445 g/mol. The Morgan fingerprint density at radius 2 is 1.97 bits per heavy atom. The van der Waals surface area contributed by atoms with Crippen molar-refractivity contribution in [3.63, 3.8) is 0 Å². The number of nitriles is 1. The number of nitrogens with zero attached hydrogens (tertiary/aromatic N) is 4. The zero-order valence-electron chi connectivity index (χ0n) is 18.2. The summed E-state index contributed by atoms with van der Waals surface area (Å²) in [4.78, 5) is 19.6. The Bertz CT molecular complexity index is 1370. The minimum atomic E-state index is -0.512. The van der Waals surface area contributed by atoms with Crippen LogP contribution in [0.2, 0.25) is 0 Å². The summed E-state index contributed by atoms with van der Waals surface area (Å²) in [6.45, 7) is 5.75. The van der Waals surface area contributed by atoms with Crippen LogP contribution in [0.1, 0.15) is 43.7 Å². The van der Waals surface area contributed by atoms with E-state index >= 15 is 0 Å². The molecular formula is C25H24N4O2S. The summed E-state index contributed by atoms with van der Waals surface area (Å²) in [5.41, 5.74) is 4.76. The van der Waals surface area contributed by atoms with Gasteiger partial charge in [-0.05, 0) is 56.2 Å². The van der Waals surface area contributed by atoms with Gasteiger partial charge in [0.15, 0.2) is 0 Å². The molecule has 1 atom stereocenters. The number of thiophene rings is 1. The van der Waals surface area contributed by atoms with E-state index in [2.05, 4.69) is 17.1 Å². The molecule has 7 heteroatoms. The van der Waals surface area contributed by atoms with Crippen LogP contribution in [-0.2, 0) is 6.42 Å². The van der Waals surface area contributed by atoms with Crippen molar-refractivity contribution in [1.29, 1.82) is 5.26 Å². The predicted molar refractivity (Wildman–Crippen MR) is 126 cm³/mol. The van der Waals surface area contributed by atoms with Crippen molar-refractivity contribution in [1.82, 2.24) is 14.1 Å². The molecule has 1 aromatic carbocycles. The number of benzene rings is 1. The molecule has 6 nitrogen and oxygen atoms in total. The van der Waals surface area contributed by atoms with Gasteiger partial charge >= 0.3 is 0 Å². The van der Waals surface area contributed by atoms with Crippen LogP contribution < -0.4 is 5.56 Å². The summed E-state index contributed by atoms with van der Waals surface area (Å²) in [5.74, 6) is 0. The maximum absolute atomic E-state index is 13.3. The van der Waals surface area contributed by atoms with Gasteiger partial charge in [-0.15, -0.1) is 11.3 Å². The molecule has 0 aliphatic carbocycles. The SMILES string of the molecule is Cc1cn(-c2ccc(Cc3cc(C#N)cn([C@@H](CO)c4ccc(C)s4)c3=O)cc2C)cn1. The van der Waals surface area contributed by atoms with Crippen LogP contribution in [0.4, 0.5) is 0 Å². The van der Waals surface area contributed by atoms with Crippen molar-refractivity contribution < 1.29 is 5.11 Å². The third kappa shape index (κ3) is 4.28. The zero-order chi connectivity index (χ0) is 22.8. The van der Waals surface area contributed by atoms with Gasteiger partial charge < -0.3 is 14.2 Å². The van der Waals surface area contributed by atoms with E-state index < -0.39 is 6.04 Å². The number of hydrogen-bond acceptors (Lipinski definition) is 5. The number of aliphatic hydroxyl groups is 1. The molecule has 0 spiro atoms. The quantitative estimate of drug-likeness (QED) is 0.486. The predicted octanol–water partition coefficient (Wildman–Crippen LogP) is 4.06. The average Bonchev–Trinajstić information content (AvgIpc) is 3.39. The summed E-state index contributed by atoms with van der Waals surface area (Å²) < 4.78 is 3.47. The topological polar surface area (TPSA) is 83.8 Å². The molecule has 0 saturated carbocycles. The van der Waals surface area contributed by atoms with Crippen LogP contribution in [0.25, 0.3) is 5.69 Å². The molecule has 0 bridgehead atoms. The van der Waals surface area contributed by atoms with Crippen LogP contribution in [0, 0.1) is 32.1 Å². The third-order valence-corrected chi connectivity index (χ3v) is 6.59. The molecule has 0 fully saturated rings. The molecule has 0 radical (unpaired) electrons. The Morgan fingerprint density at radius 1 is 1.16 bits per heavy atom. The van der Waals surface area contributed by atoms with Gasteiger partial charge in [0.2, 0.25) is 0 Å². The summed E-state index contributed by atoms with van der Waals surface area (Å²) in [5, 5.41) is 19.6. The van der Waals surface area contributed by atoms with Crippen molar-refractivity contribution in [3.05, 3.63) is 103 Å². The Morgan fingerprint density at radius 3 is 2.56 bits per heavy atom. The van der Waals surface area contributed by atoms with Crippen LogP contribution in [0.15, 0.2) is 59.9 Å². The van der Waals surface area contributed by atoms with Crippen LogP contribution in [0.5, 0.6) is 0 Å². The lowest BCUT2D eigenvalue weighted by molar-refractivity contribution is 0.248. The number of pyridine rings is 1. The fourth-order valence-corrected chi connectivity index (χ4v) is 4.89. The van der Waals surface area contributed by atoms with Crippen molar-refractivity contribution >= 4 is 11.3 Å². The molecule has 3 aromatic heterocycles. The molecule has 0 saturated heterocycles. The highest BCUT2D eigenvalue weighted by Crippen LogP contribution is 2.26. The largest absolute Gasteiger partial charge is 0.394 e. The van der Waals surface area contributed by atoms with Crippen molar-refractivity contribution in [2.24, 2.45) is 0 Å². The maximum atomic E-state index is 13.3. The monoisotopic (exact) mass is 444 g/mol. The number of hydrogen-bond donors (Lipinski definition) is 1. The van der Waals surface area contributed by atoms with E-state index in [1.54, 1.807) is 23.7 Å². The molecule has 0 amide bonds. The number of imidazole rings is 1. The number of aromatic nitrogens is 3. The number of rotatable bonds is 6. The third-order valence-electron chi connectivity index (χ3n) is 5.49. The minimum Gasteiger partial charge on any atom is -0.394 e. The lowest BCUT2D eigenvalue weighted by Gasteiger charge is -2.18. The summed E-state index contributed by atoms with van der Waals surface area (Å²) in [6.07, 6.45) is 5.70. The molecule has 1 N–H and O–H groups in total. The van der Waals surface area contributed by atoms with Gasteiger partial charge in [0.05, 0.1) is 30.2 Å². The Hall–Kier alpha value is -3.47. The van der Waals surface area contributed by atoms with E-state index in [1.165, 1.54) is 10.8 Å². The molecule has 0 aliphatic heterocycles. The first-order valence-corrected chi connectivity index (χ1v) is 11.1. The molecule has 0 aliphatic rings. The summed E-state index contributed by atoms with van der Waals surface area (Å²) in [6, 6.07) is 13.2. The highest BCUT2D eigenvalue weighted by Gasteiger charge is 2.19. The maximum Gasteiger partial charge on any atom is 0.254 e. The number of aliphatic hydroxyl groups excluding tert-OH is 1. The van der Waals surface area contributed by atoms with E-state index in [1.807, 2.05) is 55.8 Å². The first-order valence-electron chi connectivity index (χ1n) is 10.3. The zero-order valence-corrected chi connectivity index (χ0v) is 19.1. The van der Waals surface area contributed by atoms with E-state index in [0.29, 0.717) is 17.5 Å². The van der Waals surface area contributed by atoms with E-state index in [9.17, 15) is 15.2 Å². The van der Waals surface area contributed by atoms with Gasteiger partial charge in [-0.2, -0.15) is 5.26 Å². The van der Waals surface area contributed by atoms with E-state index in [4.69, 9.17) is 0 Å². The fourth-order valence-electron chi connectivity index (χ4n) is 3.92. The molecule has 0 unspecified atom stereocenters. The van der Waals surface area contributed by atoms with Gasteiger partial charge in [-0.25, -0.2) is 4.98 Å². The lowest BCUT2D eigenvalue weighted by atomic mass is 10.0. The smallest absolute Gasteiger partial charge is 0.254 e. The van der Waals surface area contributed by atoms with Crippen molar-refractivity contribution in [2.45, 2.75) is 33.2 Å². The molecule has 3 heterocycles. The van der Waals surface area contributed by atoms with Gasteiger partial charge in [0, 0.05) is 39.8 Å².